The van der Waals surface area contributed by atoms with Gasteiger partial charge in [-0.3, -0.25) is 0 Å². The molecule has 1 heterocycles. The number of halogens is 1. The lowest BCUT2D eigenvalue weighted by Crippen LogP contribution is -2.00. The van der Waals surface area contributed by atoms with Gasteiger partial charge in [-0.1, -0.05) is 18.2 Å². The van der Waals surface area contributed by atoms with E-state index < -0.39 is 0 Å². The maximum absolute atomic E-state index is 13.0. The number of aromatic nitrogens is 2. The van der Waals surface area contributed by atoms with E-state index in [2.05, 4.69) is 15.3 Å². The third-order valence-corrected chi connectivity index (χ3v) is 3.29. The topological polar surface area (TPSA) is 40.7 Å². The Morgan fingerprint density at radius 3 is 2.48 bits per heavy atom. The SMILES string of the molecule is Cc1[nH]c(CNc2ccccc2)nc1-c1ccc(F)cc1. The van der Waals surface area contributed by atoms with Crippen LogP contribution in [0.4, 0.5) is 10.1 Å². The molecule has 0 aliphatic carbocycles. The average molecular weight is 281 g/mol. The summed E-state index contributed by atoms with van der Waals surface area (Å²) in [6.45, 7) is 2.59. The quantitative estimate of drug-likeness (QED) is 0.754. The number of hydrogen-bond donors (Lipinski definition) is 2. The Labute approximate surface area is 122 Å². The number of para-hydroxylation sites is 1. The van der Waals surface area contributed by atoms with Gasteiger partial charge in [0.25, 0.3) is 0 Å². The van der Waals surface area contributed by atoms with Gasteiger partial charge in [-0.15, -0.1) is 0 Å². The average Bonchev–Trinajstić information content (AvgIpc) is 2.88. The first-order valence-electron chi connectivity index (χ1n) is 6.83. The van der Waals surface area contributed by atoms with Crippen LogP contribution in [0, 0.1) is 12.7 Å². The summed E-state index contributed by atoms with van der Waals surface area (Å²) in [5.41, 5.74) is 3.80. The highest BCUT2D eigenvalue weighted by molar-refractivity contribution is 5.61. The van der Waals surface area contributed by atoms with Crippen molar-refractivity contribution in [2.75, 3.05) is 5.32 Å². The number of aromatic amines is 1. The van der Waals surface area contributed by atoms with E-state index in [1.807, 2.05) is 37.3 Å². The molecule has 4 heteroatoms. The number of imidazole rings is 1. The van der Waals surface area contributed by atoms with Crippen molar-refractivity contribution in [3.63, 3.8) is 0 Å². The van der Waals surface area contributed by atoms with Crippen molar-refractivity contribution in [2.24, 2.45) is 0 Å². The third kappa shape index (κ3) is 3.11. The number of rotatable bonds is 4. The fourth-order valence-electron chi connectivity index (χ4n) is 2.24. The van der Waals surface area contributed by atoms with Gasteiger partial charge in [-0.2, -0.15) is 0 Å². The lowest BCUT2D eigenvalue weighted by Gasteiger charge is -2.03. The second-order valence-corrected chi connectivity index (χ2v) is 4.88. The fraction of sp³-hybridized carbons (Fsp3) is 0.118. The molecular weight excluding hydrogens is 265 g/mol. The second kappa shape index (κ2) is 5.79. The van der Waals surface area contributed by atoms with Crippen molar-refractivity contribution in [1.82, 2.24) is 9.97 Å². The maximum Gasteiger partial charge on any atom is 0.126 e. The molecule has 0 spiro atoms. The predicted molar refractivity (Wildman–Crippen MR) is 82.5 cm³/mol. The molecule has 0 radical (unpaired) electrons. The molecule has 21 heavy (non-hydrogen) atoms. The summed E-state index contributed by atoms with van der Waals surface area (Å²) in [5, 5.41) is 3.31. The predicted octanol–water partition coefficient (Wildman–Crippen LogP) is 4.14. The molecule has 0 unspecified atom stereocenters. The summed E-state index contributed by atoms with van der Waals surface area (Å²) in [7, 11) is 0. The van der Waals surface area contributed by atoms with E-state index in [1.165, 1.54) is 12.1 Å². The standard InChI is InChI=1S/C17H16FN3/c1-12-17(13-7-9-14(18)10-8-13)21-16(20-12)11-19-15-5-3-2-4-6-15/h2-10,19H,11H2,1H3,(H,20,21). The van der Waals surface area contributed by atoms with E-state index >= 15 is 0 Å². The minimum atomic E-state index is -0.238. The van der Waals surface area contributed by atoms with E-state index in [0.29, 0.717) is 6.54 Å². The molecule has 1 aromatic heterocycles. The maximum atomic E-state index is 13.0. The Hall–Kier alpha value is -2.62. The van der Waals surface area contributed by atoms with Gasteiger partial charge in [0.2, 0.25) is 0 Å². The minimum Gasteiger partial charge on any atom is -0.378 e. The smallest absolute Gasteiger partial charge is 0.126 e. The van der Waals surface area contributed by atoms with Crippen molar-refractivity contribution >= 4 is 5.69 Å². The van der Waals surface area contributed by atoms with Gasteiger partial charge >= 0.3 is 0 Å². The van der Waals surface area contributed by atoms with Crippen LogP contribution in [-0.4, -0.2) is 9.97 Å². The Morgan fingerprint density at radius 1 is 1.05 bits per heavy atom. The molecule has 0 bridgehead atoms. The zero-order chi connectivity index (χ0) is 14.7. The summed E-state index contributed by atoms with van der Waals surface area (Å²) < 4.78 is 13.0. The van der Waals surface area contributed by atoms with Crippen LogP contribution in [-0.2, 0) is 6.54 Å². The molecule has 0 saturated heterocycles. The lowest BCUT2D eigenvalue weighted by molar-refractivity contribution is 0.628. The summed E-state index contributed by atoms with van der Waals surface area (Å²) in [4.78, 5) is 7.84. The number of H-pyrrole nitrogens is 1. The van der Waals surface area contributed by atoms with E-state index in [-0.39, 0.29) is 5.82 Å². The summed E-state index contributed by atoms with van der Waals surface area (Å²) >= 11 is 0. The Bertz CT molecular complexity index is 718. The molecule has 3 rings (SSSR count). The molecule has 2 aromatic carbocycles. The lowest BCUT2D eigenvalue weighted by atomic mass is 10.1. The van der Waals surface area contributed by atoms with Crippen LogP contribution in [0.3, 0.4) is 0 Å². The molecule has 106 valence electrons. The Kier molecular flexibility index (Phi) is 3.69. The minimum absolute atomic E-state index is 0.238. The van der Waals surface area contributed by atoms with Gasteiger partial charge in [-0.25, -0.2) is 9.37 Å². The van der Waals surface area contributed by atoms with E-state index in [1.54, 1.807) is 12.1 Å². The first kappa shape index (κ1) is 13.4. The summed E-state index contributed by atoms with van der Waals surface area (Å²) in [6.07, 6.45) is 0. The van der Waals surface area contributed by atoms with E-state index in [9.17, 15) is 4.39 Å². The fourth-order valence-corrected chi connectivity index (χ4v) is 2.24. The Morgan fingerprint density at radius 2 is 1.76 bits per heavy atom. The molecule has 0 amide bonds. The van der Waals surface area contributed by atoms with Crippen LogP contribution in [0.25, 0.3) is 11.3 Å². The van der Waals surface area contributed by atoms with Gasteiger partial charge in [0.05, 0.1) is 12.2 Å². The molecule has 0 atom stereocenters. The van der Waals surface area contributed by atoms with Crippen molar-refractivity contribution in [3.05, 3.63) is 71.9 Å². The van der Waals surface area contributed by atoms with Gasteiger partial charge < -0.3 is 10.3 Å². The summed E-state index contributed by atoms with van der Waals surface area (Å²) in [5.74, 6) is 0.619. The number of nitrogens with one attached hydrogen (secondary N) is 2. The Balaban J connectivity index is 1.76. The van der Waals surface area contributed by atoms with Crippen molar-refractivity contribution in [1.29, 1.82) is 0 Å². The van der Waals surface area contributed by atoms with Gasteiger partial charge in [0.15, 0.2) is 0 Å². The number of anilines is 1. The number of hydrogen-bond acceptors (Lipinski definition) is 2. The van der Waals surface area contributed by atoms with Crippen LogP contribution >= 0.6 is 0 Å². The first-order chi connectivity index (χ1) is 10.2. The molecule has 0 saturated carbocycles. The molecule has 0 fully saturated rings. The van der Waals surface area contributed by atoms with Crippen LogP contribution in [0.15, 0.2) is 54.6 Å². The molecule has 3 aromatic rings. The highest BCUT2D eigenvalue weighted by Crippen LogP contribution is 2.21. The first-order valence-corrected chi connectivity index (χ1v) is 6.83. The highest BCUT2D eigenvalue weighted by atomic mass is 19.1. The zero-order valence-corrected chi connectivity index (χ0v) is 11.7. The van der Waals surface area contributed by atoms with Crippen LogP contribution in [0.2, 0.25) is 0 Å². The second-order valence-electron chi connectivity index (χ2n) is 4.88. The normalized spacial score (nSPS) is 10.6. The zero-order valence-electron chi connectivity index (χ0n) is 11.7. The van der Waals surface area contributed by atoms with Gasteiger partial charge in [0, 0.05) is 16.9 Å². The number of aryl methyl sites for hydroxylation is 1. The van der Waals surface area contributed by atoms with Crippen molar-refractivity contribution in [3.8, 4) is 11.3 Å². The van der Waals surface area contributed by atoms with Crippen LogP contribution in [0.1, 0.15) is 11.5 Å². The molecule has 0 aliphatic rings. The highest BCUT2D eigenvalue weighted by Gasteiger charge is 2.08. The summed E-state index contributed by atoms with van der Waals surface area (Å²) in [6, 6.07) is 16.4. The van der Waals surface area contributed by atoms with Gasteiger partial charge in [-0.05, 0) is 43.3 Å². The largest absolute Gasteiger partial charge is 0.378 e. The third-order valence-electron chi connectivity index (χ3n) is 3.29. The van der Waals surface area contributed by atoms with Crippen molar-refractivity contribution < 1.29 is 4.39 Å². The van der Waals surface area contributed by atoms with E-state index in [4.69, 9.17) is 0 Å². The van der Waals surface area contributed by atoms with Crippen LogP contribution < -0.4 is 5.32 Å². The van der Waals surface area contributed by atoms with Crippen molar-refractivity contribution in [2.45, 2.75) is 13.5 Å². The molecular formula is C17H16FN3. The monoisotopic (exact) mass is 281 g/mol. The number of benzene rings is 2. The van der Waals surface area contributed by atoms with E-state index in [0.717, 1.165) is 28.5 Å². The number of nitrogens with zero attached hydrogens (tertiary/aromatic N) is 1. The van der Waals surface area contributed by atoms with Gasteiger partial charge in [0.1, 0.15) is 11.6 Å². The molecule has 0 aliphatic heterocycles. The van der Waals surface area contributed by atoms with Crippen LogP contribution in [0.5, 0.6) is 0 Å². The molecule has 3 nitrogen and oxygen atoms in total. The molecule has 2 N–H and O–H groups in total.